The van der Waals surface area contributed by atoms with Crippen LogP contribution in [0.15, 0.2) is 36.4 Å². The van der Waals surface area contributed by atoms with Gasteiger partial charge in [0.25, 0.3) is 5.91 Å². The molecule has 6 heteroatoms. The lowest BCUT2D eigenvalue weighted by molar-refractivity contribution is 0.0946. The van der Waals surface area contributed by atoms with Gasteiger partial charge in [-0.1, -0.05) is 6.07 Å². The molecule has 2 heterocycles. The smallest absolute Gasteiger partial charge is 0.251 e. The molecule has 1 N–H and O–H groups in total. The third kappa shape index (κ3) is 2.73. The molecule has 4 rings (SSSR count). The highest BCUT2D eigenvalue weighted by molar-refractivity contribution is 5.96. The first-order chi connectivity index (χ1) is 12.2. The lowest BCUT2D eigenvalue weighted by Gasteiger charge is -2.17. The minimum absolute atomic E-state index is 0.0453. The number of halogens is 1. The van der Waals surface area contributed by atoms with Gasteiger partial charge in [-0.3, -0.25) is 4.79 Å². The number of hydrogen-bond acceptors (Lipinski definition) is 3. The highest BCUT2D eigenvalue weighted by atomic mass is 19.1. The topological polar surface area (TPSA) is 56.1 Å². The minimum atomic E-state index is -0.328. The fourth-order valence-electron chi connectivity index (χ4n) is 3.27. The number of fused-ring (bicyclic) bond motifs is 2. The molecule has 0 atom stereocenters. The Labute approximate surface area is 144 Å². The summed E-state index contributed by atoms with van der Waals surface area (Å²) in [6, 6.07) is 10.4. The molecule has 0 aliphatic carbocycles. The zero-order valence-electron chi connectivity index (χ0n) is 13.9. The predicted octanol–water partition coefficient (Wildman–Crippen LogP) is 3.06. The van der Waals surface area contributed by atoms with Crippen LogP contribution < -0.4 is 10.1 Å². The summed E-state index contributed by atoms with van der Waals surface area (Å²) in [5, 5.41) is 2.82. The van der Waals surface area contributed by atoms with Crippen LogP contribution in [-0.2, 0) is 19.6 Å². The molecule has 0 radical (unpaired) electrons. The summed E-state index contributed by atoms with van der Waals surface area (Å²) in [5.74, 6) is 0.989. The molecule has 1 aliphatic heterocycles. The number of ether oxygens (including phenoxy) is 1. The van der Waals surface area contributed by atoms with Crippen LogP contribution in [0.25, 0.3) is 11.0 Å². The Morgan fingerprint density at radius 1 is 1.32 bits per heavy atom. The van der Waals surface area contributed by atoms with Gasteiger partial charge in [0.15, 0.2) is 5.82 Å². The van der Waals surface area contributed by atoms with Crippen molar-refractivity contribution in [3.63, 3.8) is 0 Å². The number of amides is 1. The second kappa shape index (κ2) is 6.20. The number of nitrogens with zero attached hydrogens (tertiary/aromatic N) is 2. The van der Waals surface area contributed by atoms with Crippen molar-refractivity contribution >= 4 is 16.9 Å². The molecular formula is C19H18FN3O2. The number of aryl methyl sites for hydroxylation is 1. The number of rotatable bonds is 4. The van der Waals surface area contributed by atoms with Crippen LogP contribution >= 0.6 is 0 Å². The molecule has 5 nitrogen and oxygen atoms in total. The molecule has 0 saturated heterocycles. The number of imidazole rings is 1. The van der Waals surface area contributed by atoms with Crippen molar-refractivity contribution in [3.05, 3.63) is 59.2 Å². The summed E-state index contributed by atoms with van der Waals surface area (Å²) in [5.41, 5.74) is 2.81. The summed E-state index contributed by atoms with van der Waals surface area (Å²) >= 11 is 0. The maximum Gasteiger partial charge on any atom is 0.251 e. The normalized spacial score (nSPS) is 13.6. The van der Waals surface area contributed by atoms with Crippen LogP contribution in [0, 0.1) is 5.82 Å². The average molecular weight is 339 g/mol. The van der Waals surface area contributed by atoms with Crippen molar-refractivity contribution < 1.29 is 13.9 Å². The summed E-state index contributed by atoms with van der Waals surface area (Å²) < 4.78 is 21.8. The van der Waals surface area contributed by atoms with Crippen molar-refractivity contribution in [2.45, 2.75) is 26.5 Å². The van der Waals surface area contributed by atoms with E-state index < -0.39 is 0 Å². The van der Waals surface area contributed by atoms with Gasteiger partial charge in [-0.05, 0) is 49.2 Å². The molecule has 25 heavy (non-hydrogen) atoms. The second-order valence-electron chi connectivity index (χ2n) is 5.99. The van der Waals surface area contributed by atoms with Gasteiger partial charge in [-0.25, -0.2) is 9.37 Å². The van der Waals surface area contributed by atoms with Crippen LogP contribution in [0.2, 0.25) is 0 Å². The molecule has 2 aromatic carbocycles. The standard InChI is InChI=1S/C19H18FN3O2/c1-2-23-16-5-3-4-15(20)18(16)22-17(23)11-25-13-6-7-14-12(10-13)8-9-21-19(14)24/h3-7,10H,2,8-9,11H2,1H3,(H,21,24). The number of aromatic nitrogens is 2. The second-order valence-corrected chi connectivity index (χ2v) is 5.99. The van der Waals surface area contributed by atoms with Gasteiger partial charge in [0.05, 0.1) is 5.52 Å². The van der Waals surface area contributed by atoms with Crippen LogP contribution in [0.3, 0.4) is 0 Å². The molecule has 1 amide bonds. The predicted molar refractivity (Wildman–Crippen MR) is 92.2 cm³/mol. The van der Waals surface area contributed by atoms with Crippen molar-refractivity contribution in [2.24, 2.45) is 0 Å². The van der Waals surface area contributed by atoms with Crippen molar-refractivity contribution in [3.8, 4) is 5.75 Å². The molecule has 3 aromatic rings. The highest BCUT2D eigenvalue weighted by Crippen LogP contribution is 2.23. The SMILES string of the molecule is CCn1c(COc2ccc3c(c2)CCNC3=O)nc2c(F)cccc21. The van der Waals surface area contributed by atoms with Gasteiger partial charge in [0.2, 0.25) is 0 Å². The Balaban J connectivity index is 1.60. The van der Waals surface area contributed by atoms with Gasteiger partial charge in [0, 0.05) is 18.7 Å². The van der Waals surface area contributed by atoms with Gasteiger partial charge in [-0.15, -0.1) is 0 Å². The fraction of sp³-hybridized carbons (Fsp3) is 0.263. The zero-order valence-corrected chi connectivity index (χ0v) is 13.9. The number of carbonyl (C=O) groups is 1. The number of benzene rings is 2. The van der Waals surface area contributed by atoms with E-state index in [1.165, 1.54) is 6.07 Å². The molecule has 1 aliphatic rings. The van der Waals surface area contributed by atoms with E-state index in [9.17, 15) is 9.18 Å². The first kappa shape index (κ1) is 15.6. The summed E-state index contributed by atoms with van der Waals surface area (Å²) in [7, 11) is 0. The van der Waals surface area contributed by atoms with Gasteiger partial charge < -0.3 is 14.6 Å². The molecule has 0 fully saturated rings. The van der Waals surface area contributed by atoms with Gasteiger partial charge in [0.1, 0.15) is 23.7 Å². The van der Waals surface area contributed by atoms with Crippen molar-refractivity contribution in [1.82, 2.24) is 14.9 Å². The Kier molecular flexibility index (Phi) is 3.87. The van der Waals surface area contributed by atoms with E-state index in [0.29, 0.717) is 35.7 Å². The minimum Gasteiger partial charge on any atom is -0.486 e. The van der Waals surface area contributed by atoms with E-state index in [4.69, 9.17) is 4.74 Å². The van der Waals surface area contributed by atoms with Crippen LogP contribution in [-0.4, -0.2) is 22.0 Å². The largest absolute Gasteiger partial charge is 0.486 e. The van der Waals surface area contributed by atoms with E-state index in [2.05, 4.69) is 10.3 Å². The van der Waals surface area contributed by atoms with E-state index in [0.717, 1.165) is 17.5 Å². The van der Waals surface area contributed by atoms with Gasteiger partial charge in [-0.2, -0.15) is 0 Å². The van der Waals surface area contributed by atoms with E-state index in [-0.39, 0.29) is 18.3 Å². The zero-order chi connectivity index (χ0) is 17.4. The van der Waals surface area contributed by atoms with E-state index in [1.807, 2.05) is 23.6 Å². The molecule has 1 aromatic heterocycles. The van der Waals surface area contributed by atoms with Crippen molar-refractivity contribution in [1.29, 1.82) is 0 Å². The number of para-hydroxylation sites is 1. The van der Waals surface area contributed by atoms with E-state index >= 15 is 0 Å². The lowest BCUT2D eigenvalue weighted by atomic mass is 10.0. The van der Waals surface area contributed by atoms with Crippen molar-refractivity contribution in [2.75, 3.05) is 6.54 Å². The summed E-state index contributed by atoms with van der Waals surface area (Å²) in [6.45, 7) is 3.56. The number of carbonyl (C=O) groups excluding carboxylic acids is 1. The monoisotopic (exact) mass is 339 g/mol. The van der Waals surface area contributed by atoms with Crippen LogP contribution in [0.5, 0.6) is 5.75 Å². The highest BCUT2D eigenvalue weighted by Gasteiger charge is 2.17. The molecule has 0 bridgehead atoms. The first-order valence-corrected chi connectivity index (χ1v) is 8.35. The van der Waals surface area contributed by atoms with E-state index in [1.54, 1.807) is 18.2 Å². The number of nitrogens with one attached hydrogen (secondary N) is 1. The Bertz CT molecular complexity index is 965. The summed E-state index contributed by atoms with van der Waals surface area (Å²) in [6.07, 6.45) is 0.789. The average Bonchev–Trinajstić information content (AvgIpc) is 2.99. The third-order valence-corrected chi connectivity index (χ3v) is 4.49. The Morgan fingerprint density at radius 3 is 3.04 bits per heavy atom. The Hall–Kier alpha value is -2.89. The molecule has 0 spiro atoms. The first-order valence-electron chi connectivity index (χ1n) is 8.35. The Morgan fingerprint density at radius 2 is 2.20 bits per heavy atom. The lowest BCUT2D eigenvalue weighted by Crippen LogP contribution is -2.31. The molecule has 0 saturated carbocycles. The maximum atomic E-state index is 13.9. The van der Waals surface area contributed by atoms with Crippen LogP contribution in [0.4, 0.5) is 4.39 Å². The fourth-order valence-corrected chi connectivity index (χ4v) is 3.27. The molecular weight excluding hydrogens is 321 g/mol. The summed E-state index contributed by atoms with van der Waals surface area (Å²) in [4.78, 5) is 16.2. The quantitative estimate of drug-likeness (QED) is 0.795. The van der Waals surface area contributed by atoms with Crippen LogP contribution in [0.1, 0.15) is 28.7 Å². The maximum absolute atomic E-state index is 13.9. The molecule has 0 unspecified atom stereocenters. The van der Waals surface area contributed by atoms with Gasteiger partial charge >= 0.3 is 0 Å². The number of hydrogen-bond donors (Lipinski definition) is 1. The third-order valence-electron chi connectivity index (χ3n) is 4.49. The molecule has 128 valence electrons.